The molecular weight excluding hydrogens is 288 g/mol. The number of fused-ring (bicyclic) bond motifs is 1. The monoisotopic (exact) mass is 306 g/mol. The lowest BCUT2D eigenvalue weighted by molar-refractivity contribution is 0.709. The van der Waals surface area contributed by atoms with Crippen molar-refractivity contribution in [3.05, 3.63) is 41.5 Å². The van der Waals surface area contributed by atoms with Crippen LogP contribution in [0.15, 0.2) is 24.5 Å². The van der Waals surface area contributed by atoms with E-state index in [0.717, 1.165) is 29.7 Å². The molecule has 0 spiro atoms. The molecule has 3 heterocycles. The van der Waals surface area contributed by atoms with Gasteiger partial charge in [0, 0.05) is 29.3 Å². The van der Waals surface area contributed by atoms with Gasteiger partial charge in [-0.3, -0.25) is 9.97 Å². The van der Waals surface area contributed by atoms with Gasteiger partial charge in [-0.25, -0.2) is 0 Å². The summed E-state index contributed by atoms with van der Waals surface area (Å²) < 4.78 is 0. The van der Waals surface area contributed by atoms with Crippen LogP contribution in [0.5, 0.6) is 0 Å². The molecule has 6 nitrogen and oxygen atoms in total. The molecule has 1 aliphatic rings. The first-order valence-electron chi connectivity index (χ1n) is 8.00. The van der Waals surface area contributed by atoms with E-state index < -0.39 is 0 Å². The molecular formula is C17H18N6. The lowest BCUT2D eigenvalue weighted by Crippen LogP contribution is -2.02. The van der Waals surface area contributed by atoms with Crippen LogP contribution in [0, 0.1) is 6.92 Å². The van der Waals surface area contributed by atoms with E-state index in [9.17, 15) is 0 Å². The Morgan fingerprint density at radius 3 is 2.83 bits per heavy atom. The van der Waals surface area contributed by atoms with Crippen LogP contribution in [0.25, 0.3) is 22.5 Å². The van der Waals surface area contributed by atoms with Crippen molar-refractivity contribution in [1.29, 1.82) is 0 Å². The molecule has 3 aromatic rings. The van der Waals surface area contributed by atoms with Gasteiger partial charge in [0.2, 0.25) is 5.82 Å². The topological polar surface area (TPSA) is 80.2 Å². The molecule has 0 fully saturated rings. The van der Waals surface area contributed by atoms with Crippen molar-refractivity contribution in [2.45, 2.75) is 39.0 Å². The second-order valence-electron chi connectivity index (χ2n) is 5.95. The van der Waals surface area contributed by atoms with Crippen LogP contribution in [-0.4, -0.2) is 30.6 Å². The van der Waals surface area contributed by atoms with E-state index in [-0.39, 0.29) is 0 Å². The van der Waals surface area contributed by atoms with Gasteiger partial charge in [0.1, 0.15) is 0 Å². The normalized spacial score (nSPS) is 14.3. The molecule has 0 radical (unpaired) electrons. The highest BCUT2D eigenvalue weighted by atomic mass is 15.5. The lowest BCUT2D eigenvalue weighted by Gasteiger charge is -2.15. The van der Waals surface area contributed by atoms with E-state index >= 15 is 0 Å². The molecule has 0 amide bonds. The molecule has 1 aliphatic carbocycles. The van der Waals surface area contributed by atoms with E-state index in [2.05, 4.69) is 37.7 Å². The number of hydrogen-bond acceptors (Lipinski definition) is 5. The van der Waals surface area contributed by atoms with Gasteiger partial charge in [-0.05, 0) is 66.6 Å². The van der Waals surface area contributed by atoms with Crippen LogP contribution in [0.1, 0.15) is 36.2 Å². The van der Waals surface area contributed by atoms with Crippen LogP contribution >= 0.6 is 0 Å². The maximum atomic E-state index is 4.71. The van der Waals surface area contributed by atoms with Gasteiger partial charge in [0.25, 0.3) is 0 Å². The first kappa shape index (κ1) is 14.0. The number of H-pyrrole nitrogens is 1. The minimum atomic E-state index is 0.592. The summed E-state index contributed by atoms with van der Waals surface area (Å²) in [5.74, 6) is 0.592. The minimum Gasteiger partial charge on any atom is -0.262 e. The highest BCUT2D eigenvalue weighted by Crippen LogP contribution is 2.36. The molecule has 4 rings (SSSR count). The molecule has 0 saturated heterocycles. The van der Waals surface area contributed by atoms with E-state index in [1.165, 1.54) is 36.1 Å². The second-order valence-corrected chi connectivity index (χ2v) is 5.95. The van der Waals surface area contributed by atoms with Crippen LogP contribution in [0.2, 0.25) is 0 Å². The number of aryl methyl sites for hydroxylation is 2. The standard InChI is InChI=1S/C17H18N6/c1-11-9-12(7-8-18-11)16-13-5-3-2-4-6-15(13)19-10-14(16)17-20-22-23-21-17/h7-10H,2-6H2,1H3,(H,20,21,22,23). The van der Waals surface area contributed by atoms with Crippen molar-refractivity contribution in [2.75, 3.05) is 0 Å². The Labute approximate surface area is 134 Å². The number of aromatic amines is 1. The Morgan fingerprint density at radius 1 is 1.09 bits per heavy atom. The summed E-state index contributed by atoms with van der Waals surface area (Å²) >= 11 is 0. The predicted molar refractivity (Wildman–Crippen MR) is 86.6 cm³/mol. The Balaban J connectivity index is 1.99. The molecule has 0 bridgehead atoms. The number of tetrazole rings is 1. The first-order valence-corrected chi connectivity index (χ1v) is 8.00. The van der Waals surface area contributed by atoms with Crippen molar-refractivity contribution in [3.63, 3.8) is 0 Å². The summed E-state index contributed by atoms with van der Waals surface area (Å²) in [5.41, 5.74) is 6.81. The lowest BCUT2D eigenvalue weighted by atomic mass is 9.92. The molecule has 0 unspecified atom stereocenters. The van der Waals surface area contributed by atoms with Gasteiger partial charge in [0.15, 0.2) is 0 Å². The molecule has 116 valence electrons. The quantitative estimate of drug-likeness (QED) is 0.736. The van der Waals surface area contributed by atoms with Crippen molar-refractivity contribution in [1.82, 2.24) is 30.6 Å². The van der Waals surface area contributed by atoms with Gasteiger partial charge >= 0.3 is 0 Å². The van der Waals surface area contributed by atoms with Crippen molar-refractivity contribution >= 4 is 0 Å². The van der Waals surface area contributed by atoms with Crippen LogP contribution < -0.4 is 0 Å². The van der Waals surface area contributed by atoms with Crippen LogP contribution in [0.3, 0.4) is 0 Å². The fraction of sp³-hybridized carbons (Fsp3) is 0.353. The number of aromatic nitrogens is 6. The summed E-state index contributed by atoms with van der Waals surface area (Å²) in [4.78, 5) is 9.03. The number of rotatable bonds is 2. The zero-order valence-electron chi connectivity index (χ0n) is 13.1. The Hall–Kier alpha value is -2.63. The van der Waals surface area contributed by atoms with Gasteiger partial charge < -0.3 is 0 Å². The number of hydrogen-bond donors (Lipinski definition) is 1. The summed E-state index contributed by atoms with van der Waals surface area (Å²) in [6.07, 6.45) is 9.48. The van der Waals surface area contributed by atoms with Gasteiger partial charge in [-0.15, -0.1) is 10.2 Å². The molecule has 3 aromatic heterocycles. The predicted octanol–water partition coefficient (Wildman–Crippen LogP) is 2.90. The molecule has 6 heteroatoms. The third-order valence-corrected chi connectivity index (χ3v) is 4.38. The first-order chi connectivity index (χ1) is 11.3. The average Bonchev–Trinajstić information content (AvgIpc) is 2.99. The van der Waals surface area contributed by atoms with Gasteiger partial charge in [0.05, 0.1) is 0 Å². The fourth-order valence-corrected chi connectivity index (χ4v) is 3.32. The van der Waals surface area contributed by atoms with E-state index in [4.69, 9.17) is 4.98 Å². The maximum absolute atomic E-state index is 4.71. The molecule has 0 aromatic carbocycles. The Bertz CT molecular complexity index is 825. The molecule has 23 heavy (non-hydrogen) atoms. The maximum Gasteiger partial charge on any atom is 0.206 e. The number of nitrogens with one attached hydrogen (secondary N) is 1. The molecule has 0 aliphatic heterocycles. The number of pyridine rings is 2. The Kier molecular flexibility index (Phi) is 3.57. The summed E-state index contributed by atoms with van der Waals surface area (Å²) in [6, 6.07) is 4.17. The third kappa shape index (κ3) is 2.60. The molecule has 0 saturated carbocycles. The Morgan fingerprint density at radius 2 is 2.00 bits per heavy atom. The third-order valence-electron chi connectivity index (χ3n) is 4.38. The fourth-order valence-electron chi connectivity index (χ4n) is 3.32. The van der Waals surface area contributed by atoms with Crippen molar-refractivity contribution in [2.24, 2.45) is 0 Å². The SMILES string of the molecule is Cc1cc(-c2c(-c3nn[nH]n3)cnc3c2CCCCC3)ccn1. The molecule has 1 N–H and O–H groups in total. The average molecular weight is 306 g/mol. The van der Waals surface area contributed by atoms with Crippen LogP contribution in [0.4, 0.5) is 0 Å². The molecule has 0 atom stereocenters. The summed E-state index contributed by atoms with van der Waals surface area (Å²) in [7, 11) is 0. The minimum absolute atomic E-state index is 0.592. The van der Waals surface area contributed by atoms with E-state index in [1.54, 1.807) is 0 Å². The second kappa shape index (κ2) is 5.87. The zero-order chi connectivity index (χ0) is 15.6. The van der Waals surface area contributed by atoms with Gasteiger partial charge in [-0.2, -0.15) is 5.21 Å². The van der Waals surface area contributed by atoms with E-state index in [1.807, 2.05) is 19.3 Å². The summed E-state index contributed by atoms with van der Waals surface area (Å²) in [5, 5.41) is 14.6. The highest BCUT2D eigenvalue weighted by molar-refractivity contribution is 5.83. The van der Waals surface area contributed by atoms with Crippen molar-refractivity contribution < 1.29 is 0 Å². The van der Waals surface area contributed by atoms with E-state index in [0.29, 0.717) is 5.82 Å². The van der Waals surface area contributed by atoms with Crippen LogP contribution in [-0.2, 0) is 12.8 Å². The summed E-state index contributed by atoms with van der Waals surface area (Å²) in [6.45, 7) is 2.01. The highest BCUT2D eigenvalue weighted by Gasteiger charge is 2.21. The zero-order valence-corrected chi connectivity index (χ0v) is 13.1. The largest absolute Gasteiger partial charge is 0.262 e. The van der Waals surface area contributed by atoms with Crippen molar-refractivity contribution in [3.8, 4) is 22.5 Å². The van der Waals surface area contributed by atoms with Gasteiger partial charge in [-0.1, -0.05) is 6.42 Å². The smallest absolute Gasteiger partial charge is 0.206 e. The number of nitrogens with zero attached hydrogens (tertiary/aromatic N) is 5.